The third-order valence-corrected chi connectivity index (χ3v) is 2.36. The SMILES string of the molecule is C=CCCCCOC(=O)c1ccccc1OC. The first kappa shape index (κ1) is 13.3. The summed E-state index contributed by atoms with van der Waals surface area (Å²) >= 11 is 0. The molecule has 0 N–H and O–H groups in total. The van der Waals surface area contributed by atoms with Gasteiger partial charge in [-0.1, -0.05) is 18.2 Å². The largest absolute Gasteiger partial charge is 0.496 e. The highest BCUT2D eigenvalue weighted by Gasteiger charge is 2.12. The van der Waals surface area contributed by atoms with Crippen LogP contribution in [0.15, 0.2) is 36.9 Å². The van der Waals surface area contributed by atoms with Crippen molar-refractivity contribution >= 4 is 5.97 Å². The van der Waals surface area contributed by atoms with Gasteiger partial charge in [0.2, 0.25) is 0 Å². The lowest BCUT2D eigenvalue weighted by atomic mass is 10.2. The van der Waals surface area contributed by atoms with Gasteiger partial charge >= 0.3 is 5.97 Å². The lowest BCUT2D eigenvalue weighted by Gasteiger charge is -2.08. The summed E-state index contributed by atoms with van der Waals surface area (Å²) in [6, 6.07) is 7.05. The molecule has 3 heteroatoms. The Kier molecular flexibility index (Phi) is 5.86. The first-order valence-electron chi connectivity index (χ1n) is 5.70. The minimum atomic E-state index is -0.332. The molecule has 0 spiro atoms. The molecule has 92 valence electrons. The van der Waals surface area contributed by atoms with Crippen molar-refractivity contribution in [3.63, 3.8) is 0 Å². The quantitative estimate of drug-likeness (QED) is 0.413. The van der Waals surface area contributed by atoms with Gasteiger partial charge in [-0.05, 0) is 31.4 Å². The molecule has 0 unspecified atom stereocenters. The third kappa shape index (κ3) is 4.31. The number of allylic oxidation sites excluding steroid dienone is 1. The first-order valence-corrected chi connectivity index (χ1v) is 5.70. The number of carbonyl (C=O) groups is 1. The lowest BCUT2D eigenvalue weighted by Crippen LogP contribution is -2.08. The summed E-state index contributed by atoms with van der Waals surface area (Å²) in [6.45, 7) is 4.07. The van der Waals surface area contributed by atoms with Crippen LogP contribution < -0.4 is 4.74 Å². The summed E-state index contributed by atoms with van der Waals surface area (Å²) in [5.41, 5.74) is 0.471. The van der Waals surface area contributed by atoms with Crippen molar-refractivity contribution in [1.82, 2.24) is 0 Å². The standard InChI is InChI=1S/C14H18O3/c1-3-4-5-8-11-17-14(15)12-9-6-7-10-13(12)16-2/h3,6-7,9-10H,1,4-5,8,11H2,2H3. The Morgan fingerprint density at radius 2 is 2.12 bits per heavy atom. The number of hydrogen-bond acceptors (Lipinski definition) is 3. The second-order valence-electron chi connectivity index (χ2n) is 3.62. The number of ether oxygens (including phenoxy) is 2. The van der Waals surface area contributed by atoms with Gasteiger partial charge in [0.25, 0.3) is 0 Å². The number of carbonyl (C=O) groups excluding carboxylic acids is 1. The molecule has 0 aromatic heterocycles. The van der Waals surface area contributed by atoms with E-state index in [1.54, 1.807) is 18.2 Å². The lowest BCUT2D eigenvalue weighted by molar-refractivity contribution is 0.0495. The summed E-state index contributed by atoms with van der Waals surface area (Å²) in [7, 11) is 1.54. The van der Waals surface area contributed by atoms with Crippen molar-refractivity contribution in [2.75, 3.05) is 13.7 Å². The van der Waals surface area contributed by atoms with E-state index >= 15 is 0 Å². The second kappa shape index (κ2) is 7.49. The molecule has 0 aliphatic rings. The van der Waals surface area contributed by atoms with Crippen LogP contribution in [0.4, 0.5) is 0 Å². The molecule has 0 saturated carbocycles. The Morgan fingerprint density at radius 1 is 1.35 bits per heavy atom. The van der Waals surface area contributed by atoms with Gasteiger partial charge in [0.1, 0.15) is 11.3 Å². The van der Waals surface area contributed by atoms with Crippen LogP contribution in [0.2, 0.25) is 0 Å². The topological polar surface area (TPSA) is 35.5 Å². The van der Waals surface area contributed by atoms with Crippen LogP contribution in [0.1, 0.15) is 29.6 Å². The molecule has 1 aromatic rings. The highest BCUT2D eigenvalue weighted by Crippen LogP contribution is 2.18. The monoisotopic (exact) mass is 234 g/mol. The summed E-state index contributed by atoms with van der Waals surface area (Å²) in [6.07, 6.45) is 4.66. The summed E-state index contributed by atoms with van der Waals surface area (Å²) in [4.78, 5) is 11.7. The van der Waals surface area contributed by atoms with Crippen molar-refractivity contribution in [3.05, 3.63) is 42.5 Å². The Morgan fingerprint density at radius 3 is 2.82 bits per heavy atom. The van der Waals surface area contributed by atoms with Crippen LogP contribution in [0.5, 0.6) is 5.75 Å². The Balaban J connectivity index is 2.44. The van der Waals surface area contributed by atoms with Crippen molar-refractivity contribution in [2.24, 2.45) is 0 Å². The molecule has 0 aliphatic heterocycles. The first-order chi connectivity index (χ1) is 8.29. The van der Waals surface area contributed by atoms with E-state index in [0.29, 0.717) is 17.9 Å². The number of para-hydroxylation sites is 1. The third-order valence-electron chi connectivity index (χ3n) is 2.36. The fourth-order valence-corrected chi connectivity index (χ4v) is 1.45. The number of unbranched alkanes of at least 4 members (excludes halogenated alkanes) is 2. The smallest absolute Gasteiger partial charge is 0.341 e. The molecule has 17 heavy (non-hydrogen) atoms. The average molecular weight is 234 g/mol. The van der Waals surface area contributed by atoms with Crippen molar-refractivity contribution < 1.29 is 14.3 Å². The van der Waals surface area contributed by atoms with Gasteiger partial charge in [0.05, 0.1) is 13.7 Å². The van der Waals surface area contributed by atoms with Crippen molar-refractivity contribution in [2.45, 2.75) is 19.3 Å². The molecule has 0 fully saturated rings. The van der Waals surface area contributed by atoms with Gasteiger partial charge in [-0.2, -0.15) is 0 Å². The summed E-state index contributed by atoms with van der Waals surface area (Å²) < 4.78 is 10.3. The van der Waals surface area contributed by atoms with E-state index in [9.17, 15) is 4.79 Å². The predicted molar refractivity (Wildman–Crippen MR) is 67.3 cm³/mol. The highest BCUT2D eigenvalue weighted by atomic mass is 16.5. The van der Waals surface area contributed by atoms with Gasteiger partial charge in [0.15, 0.2) is 0 Å². The minimum absolute atomic E-state index is 0.332. The van der Waals surface area contributed by atoms with Crippen LogP contribution in [0, 0.1) is 0 Å². The molecule has 0 radical (unpaired) electrons. The molecule has 0 atom stereocenters. The van der Waals surface area contributed by atoms with Crippen LogP contribution in [0.25, 0.3) is 0 Å². The van der Waals surface area contributed by atoms with Gasteiger partial charge < -0.3 is 9.47 Å². The van der Waals surface area contributed by atoms with E-state index in [-0.39, 0.29) is 5.97 Å². The average Bonchev–Trinajstić information content (AvgIpc) is 2.38. The zero-order chi connectivity index (χ0) is 12.5. The number of hydrogen-bond donors (Lipinski definition) is 0. The molecule has 0 saturated heterocycles. The highest BCUT2D eigenvalue weighted by molar-refractivity contribution is 5.92. The van der Waals surface area contributed by atoms with Gasteiger partial charge in [-0.25, -0.2) is 4.79 Å². The van der Waals surface area contributed by atoms with Gasteiger partial charge in [0, 0.05) is 0 Å². The van der Waals surface area contributed by atoms with Crippen LogP contribution in [-0.2, 0) is 4.74 Å². The minimum Gasteiger partial charge on any atom is -0.496 e. The van der Waals surface area contributed by atoms with E-state index < -0.39 is 0 Å². The fraction of sp³-hybridized carbons (Fsp3) is 0.357. The summed E-state index contributed by atoms with van der Waals surface area (Å²) in [5.74, 6) is 0.213. The fourth-order valence-electron chi connectivity index (χ4n) is 1.45. The molecule has 1 aromatic carbocycles. The number of benzene rings is 1. The molecule has 3 nitrogen and oxygen atoms in total. The number of rotatable bonds is 7. The Labute approximate surface area is 102 Å². The molecular formula is C14H18O3. The molecule has 0 aliphatic carbocycles. The molecule has 0 amide bonds. The summed E-state index contributed by atoms with van der Waals surface area (Å²) in [5, 5.41) is 0. The molecule has 1 rings (SSSR count). The van der Waals surface area contributed by atoms with E-state index in [1.165, 1.54) is 7.11 Å². The molecular weight excluding hydrogens is 216 g/mol. The second-order valence-corrected chi connectivity index (χ2v) is 3.62. The Hall–Kier alpha value is -1.77. The maximum Gasteiger partial charge on any atom is 0.341 e. The molecule has 0 heterocycles. The van der Waals surface area contributed by atoms with Gasteiger partial charge in [-0.15, -0.1) is 6.58 Å². The van der Waals surface area contributed by atoms with Crippen LogP contribution >= 0.6 is 0 Å². The number of esters is 1. The molecule has 0 bridgehead atoms. The van der Waals surface area contributed by atoms with E-state index in [4.69, 9.17) is 9.47 Å². The zero-order valence-corrected chi connectivity index (χ0v) is 10.1. The van der Waals surface area contributed by atoms with E-state index in [2.05, 4.69) is 6.58 Å². The zero-order valence-electron chi connectivity index (χ0n) is 10.1. The predicted octanol–water partition coefficient (Wildman–Crippen LogP) is 3.21. The van der Waals surface area contributed by atoms with Crippen molar-refractivity contribution in [3.8, 4) is 5.75 Å². The number of methoxy groups -OCH3 is 1. The normalized spacial score (nSPS) is 9.71. The van der Waals surface area contributed by atoms with Crippen LogP contribution in [0.3, 0.4) is 0 Å². The maximum absolute atomic E-state index is 11.7. The van der Waals surface area contributed by atoms with E-state index in [0.717, 1.165) is 19.3 Å². The van der Waals surface area contributed by atoms with Crippen molar-refractivity contribution in [1.29, 1.82) is 0 Å². The van der Waals surface area contributed by atoms with E-state index in [1.807, 2.05) is 12.1 Å². The van der Waals surface area contributed by atoms with Crippen LogP contribution in [-0.4, -0.2) is 19.7 Å². The maximum atomic E-state index is 11.7. The Bertz CT molecular complexity index is 371. The van der Waals surface area contributed by atoms with Gasteiger partial charge in [-0.3, -0.25) is 0 Å².